The third-order valence-corrected chi connectivity index (χ3v) is 3.77. The Bertz CT molecular complexity index is 673. The monoisotopic (exact) mass is 284 g/mol. The van der Waals surface area contributed by atoms with Gasteiger partial charge >= 0.3 is 0 Å². The van der Waals surface area contributed by atoms with Gasteiger partial charge in [0, 0.05) is 35.6 Å². The number of benzene rings is 1. The van der Waals surface area contributed by atoms with Crippen molar-refractivity contribution in [1.82, 2.24) is 14.5 Å². The molecular weight excluding hydrogens is 268 g/mol. The van der Waals surface area contributed by atoms with E-state index in [9.17, 15) is 0 Å². The lowest BCUT2D eigenvalue weighted by atomic mass is 10.2. The van der Waals surface area contributed by atoms with Crippen LogP contribution in [0, 0.1) is 0 Å². The number of aryl methyl sites for hydroxylation is 1. The number of hydrogen-bond donors (Lipinski definition) is 1. The van der Waals surface area contributed by atoms with Gasteiger partial charge in [-0.05, 0) is 19.1 Å². The minimum atomic E-state index is 0.745. The smallest absolute Gasteiger partial charge is 0.139 e. The molecule has 0 aliphatic heterocycles. The normalized spacial score (nSPS) is 10.7. The van der Waals surface area contributed by atoms with Crippen LogP contribution in [0.1, 0.15) is 12.6 Å². The highest BCUT2D eigenvalue weighted by Gasteiger charge is 2.05. The standard InChI is InChI=1S/C15H16N4S/c1-2-19-7-6-16-15(19)12-4-3-5-13(8-12)17-9-14-10-20-11-18-14/h3-8,10-11,17H,2,9H2,1H3. The van der Waals surface area contributed by atoms with Crippen LogP contribution in [-0.2, 0) is 13.1 Å². The van der Waals surface area contributed by atoms with Gasteiger partial charge in [0.25, 0.3) is 0 Å². The molecule has 2 aromatic heterocycles. The van der Waals surface area contributed by atoms with Gasteiger partial charge in [0.05, 0.1) is 17.7 Å². The molecule has 20 heavy (non-hydrogen) atoms. The fourth-order valence-electron chi connectivity index (χ4n) is 2.11. The van der Waals surface area contributed by atoms with Crippen molar-refractivity contribution in [1.29, 1.82) is 0 Å². The van der Waals surface area contributed by atoms with E-state index in [0.717, 1.165) is 35.9 Å². The Morgan fingerprint density at radius 2 is 2.25 bits per heavy atom. The van der Waals surface area contributed by atoms with Gasteiger partial charge in [-0.15, -0.1) is 11.3 Å². The minimum absolute atomic E-state index is 0.745. The van der Waals surface area contributed by atoms with E-state index >= 15 is 0 Å². The molecule has 102 valence electrons. The molecule has 0 aliphatic carbocycles. The van der Waals surface area contributed by atoms with Crippen molar-refractivity contribution < 1.29 is 0 Å². The summed E-state index contributed by atoms with van der Waals surface area (Å²) in [6.45, 7) is 3.79. The number of nitrogens with one attached hydrogen (secondary N) is 1. The third kappa shape index (κ3) is 2.72. The molecule has 0 aliphatic rings. The summed E-state index contributed by atoms with van der Waals surface area (Å²) in [6.07, 6.45) is 3.85. The molecule has 3 rings (SSSR count). The summed E-state index contributed by atoms with van der Waals surface area (Å²) >= 11 is 1.62. The third-order valence-electron chi connectivity index (χ3n) is 3.13. The number of nitrogens with zero attached hydrogens (tertiary/aromatic N) is 3. The summed E-state index contributed by atoms with van der Waals surface area (Å²) in [5.74, 6) is 1.00. The number of hydrogen-bond acceptors (Lipinski definition) is 4. The molecule has 0 saturated heterocycles. The fraction of sp³-hybridized carbons (Fsp3) is 0.200. The van der Waals surface area contributed by atoms with Crippen molar-refractivity contribution in [2.45, 2.75) is 20.0 Å². The number of imidazole rings is 1. The zero-order valence-electron chi connectivity index (χ0n) is 11.3. The second-order valence-electron chi connectivity index (χ2n) is 4.45. The van der Waals surface area contributed by atoms with Crippen LogP contribution in [-0.4, -0.2) is 14.5 Å². The van der Waals surface area contributed by atoms with E-state index in [1.165, 1.54) is 0 Å². The molecule has 0 spiro atoms. The van der Waals surface area contributed by atoms with Crippen LogP contribution < -0.4 is 5.32 Å². The first-order valence-electron chi connectivity index (χ1n) is 6.59. The van der Waals surface area contributed by atoms with Gasteiger partial charge in [-0.3, -0.25) is 0 Å². The van der Waals surface area contributed by atoms with E-state index in [4.69, 9.17) is 0 Å². The van der Waals surface area contributed by atoms with Crippen molar-refractivity contribution in [2.24, 2.45) is 0 Å². The molecule has 3 aromatic rings. The Morgan fingerprint density at radius 3 is 3.05 bits per heavy atom. The largest absolute Gasteiger partial charge is 0.379 e. The molecule has 4 nitrogen and oxygen atoms in total. The van der Waals surface area contributed by atoms with Crippen molar-refractivity contribution in [3.63, 3.8) is 0 Å². The number of anilines is 1. The van der Waals surface area contributed by atoms with Crippen LogP contribution in [0.5, 0.6) is 0 Å². The van der Waals surface area contributed by atoms with E-state index in [1.807, 2.05) is 24.0 Å². The average molecular weight is 284 g/mol. The molecule has 1 aromatic carbocycles. The van der Waals surface area contributed by atoms with Gasteiger partial charge in [0.1, 0.15) is 5.82 Å². The second-order valence-corrected chi connectivity index (χ2v) is 5.17. The predicted molar refractivity (Wildman–Crippen MR) is 82.8 cm³/mol. The number of thiazole rings is 1. The molecule has 0 atom stereocenters. The van der Waals surface area contributed by atoms with E-state index in [1.54, 1.807) is 11.3 Å². The quantitative estimate of drug-likeness (QED) is 0.778. The molecule has 0 fully saturated rings. The lowest BCUT2D eigenvalue weighted by Crippen LogP contribution is -2.00. The maximum atomic E-state index is 4.43. The molecule has 5 heteroatoms. The summed E-state index contributed by atoms with van der Waals surface area (Å²) in [5.41, 5.74) is 5.13. The lowest BCUT2D eigenvalue weighted by molar-refractivity contribution is 0.771. The fourth-order valence-corrected chi connectivity index (χ4v) is 2.67. The highest BCUT2D eigenvalue weighted by molar-refractivity contribution is 7.07. The van der Waals surface area contributed by atoms with Gasteiger partial charge in [-0.1, -0.05) is 12.1 Å². The van der Waals surface area contributed by atoms with E-state index < -0.39 is 0 Å². The summed E-state index contributed by atoms with van der Waals surface area (Å²) in [6, 6.07) is 8.33. The zero-order valence-corrected chi connectivity index (χ0v) is 12.1. The van der Waals surface area contributed by atoms with Crippen LogP contribution in [0.2, 0.25) is 0 Å². The van der Waals surface area contributed by atoms with Crippen LogP contribution in [0.25, 0.3) is 11.4 Å². The van der Waals surface area contributed by atoms with Gasteiger partial charge in [0.2, 0.25) is 0 Å². The number of aromatic nitrogens is 3. The molecular formula is C15H16N4S. The molecule has 0 amide bonds. The summed E-state index contributed by atoms with van der Waals surface area (Å²) in [5, 5.41) is 5.45. The van der Waals surface area contributed by atoms with Gasteiger partial charge in [-0.25, -0.2) is 9.97 Å². The predicted octanol–water partition coefficient (Wildman–Crippen LogP) is 3.64. The van der Waals surface area contributed by atoms with E-state index in [-0.39, 0.29) is 0 Å². The number of rotatable bonds is 5. The highest BCUT2D eigenvalue weighted by Crippen LogP contribution is 2.21. The lowest BCUT2D eigenvalue weighted by Gasteiger charge is -2.08. The maximum Gasteiger partial charge on any atom is 0.139 e. The molecule has 2 heterocycles. The molecule has 0 unspecified atom stereocenters. The van der Waals surface area contributed by atoms with Crippen LogP contribution in [0.3, 0.4) is 0 Å². The van der Waals surface area contributed by atoms with Gasteiger partial charge < -0.3 is 9.88 Å². The van der Waals surface area contributed by atoms with Crippen LogP contribution in [0.15, 0.2) is 47.5 Å². The first-order valence-corrected chi connectivity index (χ1v) is 7.53. The first-order chi connectivity index (χ1) is 9.86. The highest BCUT2D eigenvalue weighted by atomic mass is 32.1. The van der Waals surface area contributed by atoms with E-state index in [2.05, 4.69) is 50.4 Å². The van der Waals surface area contributed by atoms with Gasteiger partial charge in [-0.2, -0.15) is 0 Å². The van der Waals surface area contributed by atoms with Crippen molar-refractivity contribution >= 4 is 17.0 Å². The molecule has 0 saturated carbocycles. The van der Waals surface area contributed by atoms with Crippen LogP contribution in [0.4, 0.5) is 5.69 Å². The topological polar surface area (TPSA) is 42.7 Å². The average Bonchev–Trinajstić information content (AvgIpc) is 3.16. The minimum Gasteiger partial charge on any atom is -0.379 e. The second kappa shape index (κ2) is 5.88. The molecule has 1 N–H and O–H groups in total. The summed E-state index contributed by atoms with van der Waals surface area (Å²) in [7, 11) is 0. The first kappa shape index (κ1) is 12.9. The molecule has 0 radical (unpaired) electrons. The summed E-state index contributed by atoms with van der Waals surface area (Å²) < 4.78 is 2.14. The van der Waals surface area contributed by atoms with Crippen molar-refractivity contribution in [3.8, 4) is 11.4 Å². The Kier molecular flexibility index (Phi) is 3.78. The summed E-state index contributed by atoms with van der Waals surface area (Å²) in [4.78, 5) is 8.70. The van der Waals surface area contributed by atoms with Crippen molar-refractivity contribution in [2.75, 3.05) is 5.32 Å². The Morgan fingerprint density at radius 1 is 1.30 bits per heavy atom. The maximum absolute atomic E-state index is 4.43. The molecule has 0 bridgehead atoms. The van der Waals surface area contributed by atoms with Gasteiger partial charge in [0.15, 0.2) is 0 Å². The van der Waals surface area contributed by atoms with E-state index in [0.29, 0.717) is 0 Å². The zero-order chi connectivity index (χ0) is 13.8. The van der Waals surface area contributed by atoms with Crippen LogP contribution >= 0.6 is 11.3 Å². The van der Waals surface area contributed by atoms with Crippen molar-refractivity contribution in [3.05, 3.63) is 53.2 Å². The Labute approximate surface area is 122 Å². The Balaban J connectivity index is 1.79. The SMILES string of the molecule is CCn1ccnc1-c1cccc(NCc2cscn2)c1. The Hall–Kier alpha value is -2.14.